The van der Waals surface area contributed by atoms with Crippen LogP contribution in [0.4, 0.5) is 5.69 Å². The van der Waals surface area contributed by atoms with Gasteiger partial charge >= 0.3 is 5.97 Å². The number of rotatable bonds is 3. The second-order valence-corrected chi connectivity index (χ2v) is 6.04. The highest BCUT2D eigenvalue weighted by Crippen LogP contribution is 2.37. The number of hydrogen-bond donors (Lipinski definition) is 2. The van der Waals surface area contributed by atoms with Crippen LogP contribution in [0.5, 0.6) is 0 Å². The van der Waals surface area contributed by atoms with E-state index in [1.54, 1.807) is 12.1 Å². The van der Waals surface area contributed by atoms with Crippen molar-refractivity contribution in [3.63, 3.8) is 0 Å². The van der Waals surface area contributed by atoms with E-state index >= 15 is 0 Å². The molecule has 3 unspecified atom stereocenters. The van der Waals surface area contributed by atoms with Gasteiger partial charge in [-0.1, -0.05) is 28.9 Å². The van der Waals surface area contributed by atoms with Gasteiger partial charge in [0.2, 0.25) is 5.91 Å². The summed E-state index contributed by atoms with van der Waals surface area (Å²) in [5.74, 6) is -1.80. The molecule has 3 atom stereocenters. The summed E-state index contributed by atoms with van der Waals surface area (Å²) in [6.07, 6.45) is 1.21. The van der Waals surface area contributed by atoms with Gasteiger partial charge in [0, 0.05) is 10.2 Å². The number of hydrogen-bond acceptors (Lipinski definition) is 2. The van der Waals surface area contributed by atoms with Crippen LogP contribution in [-0.4, -0.2) is 17.0 Å². The lowest BCUT2D eigenvalue weighted by Gasteiger charge is -2.15. The van der Waals surface area contributed by atoms with Crippen LogP contribution in [0.15, 0.2) is 28.7 Å². The molecule has 102 valence electrons. The molecule has 1 aromatic rings. The summed E-state index contributed by atoms with van der Waals surface area (Å²) in [5.41, 5.74) is 0.683. The first-order valence-electron chi connectivity index (χ1n) is 6.26. The summed E-state index contributed by atoms with van der Waals surface area (Å²) in [6, 6.07) is 7.28. The largest absolute Gasteiger partial charge is 0.481 e. The van der Waals surface area contributed by atoms with Crippen molar-refractivity contribution >= 4 is 33.5 Å². The van der Waals surface area contributed by atoms with Crippen molar-refractivity contribution in [3.8, 4) is 0 Å². The minimum atomic E-state index is -0.876. The maximum atomic E-state index is 12.2. The molecule has 4 nitrogen and oxygen atoms in total. The molecule has 0 bridgehead atoms. The molecule has 2 N–H and O–H groups in total. The first-order chi connectivity index (χ1) is 8.97. The number of carboxylic acids is 1. The van der Waals surface area contributed by atoms with Crippen molar-refractivity contribution in [2.75, 3.05) is 5.32 Å². The molecule has 1 saturated carbocycles. The third kappa shape index (κ3) is 3.35. The highest BCUT2D eigenvalue weighted by Gasteiger charge is 2.41. The van der Waals surface area contributed by atoms with Crippen LogP contribution in [0.25, 0.3) is 0 Å². The van der Waals surface area contributed by atoms with Gasteiger partial charge < -0.3 is 10.4 Å². The number of benzene rings is 1. The summed E-state index contributed by atoms with van der Waals surface area (Å²) in [7, 11) is 0. The Balaban J connectivity index is 2.09. The fourth-order valence-electron chi connectivity index (χ4n) is 2.66. The molecule has 1 amide bonds. The summed E-state index contributed by atoms with van der Waals surface area (Å²) < 4.78 is 0.875. The minimum Gasteiger partial charge on any atom is -0.481 e. The van der Waals surface area contributed by atoms with Crippen molar-refractivity contribution in [3.05, 3.63) is 28.7 Å². The normalized spacial score (nSPS) is 26.1. The fourth-order valence-corrected chi connectivity index (χ4v) is 3.05. The van der Waals surface area contributed by atoms with Crippen molar-refractivity contribution in [2.24, 2.45) is 17.8 Å². The molecule has 1 aliphatic carbocycles. The Bertz CT molecular complexity index is 503. The van der Waals surface area contributed by atoms with E-state index in [2.05, 4.69) is 21.2 Å². The number of nitrogens with one attached hydrogen (secondary N) is 1. The molecule has 19 heavy (non-hydrogen) atoms. The molecule has 0 aliphatic heterocycles. The predicted molar refractivity (Wildman–Crippen MR) is 75.8 cm³/mol. The molecule has 0 radical (unpaired) electrons. The second-order valence-electron chi connectivity index (χ2n) is 5.13. The average Bonchev–Trinajstić information content (AvgIpc) is 2.71. The van der Waals surface area contributed by atoms with Gasteiger partial charge in [-0.05, 0) is 37.0 Å². The van der Waals surface area contributed by atoms with Gasteiger partial charge in [-0.25, -0.2) is 0 Å². The lowest BCUT2D eigenvalue weighted by Crippen LogP contribution is -2.29. The fraction of sp³-hybridized carbons (Fsp3) is 0.429. The Morgan fingerprint density at radius 2 is 2.00 bits per heavy atom. The van der Waals surface area contributed by atoms with Gasteiger partial charge in [0.15, 0.2) is 0 Å². The summed E-state index contributed by atoms with van der Waals surface area (Å²) in [4.78, 5) is 23.4. The van der Waals surface area contributed by atoms with Crippen LogP contribution in [-0.2, 0) is 9.59 Å². The topological polar surface area (TPSA) is 66.4 Å². The maximum Gasteiger partial charge on any atom is 0.307 e. The lowest BCUT2D eigenvalue weighted by atomic mass is 9.95. The third-order valence-corrected chi connectivity index (χ3v) is 4.04. The van der Waals surface area contributed by atoms with E-state index in [-0.39, 0.29) is 11.8 Å². The molecule has 5 heteroatoms. The average molecular weight is 326 g/mol. The summed E-state index contributed by atoms with van der Waals surface area (Å²) in [6.45, 7) is 1.99. The smallest absolute Gasteiger partial charge is 0.307 e. The molecule has 1 fully saturated rings. The molecule has 0 spiro atoms. The molecule has 2 rings (SSSR count). The highest BCUT2D eigenvalue weighted by atomic mass is 79.9. The number of aliphatic carboxylic acids is 1. The van der Waals surface area contributed by atoms with Crippen LogP contribution < -0.4 is 5.32 Å². The van der Waals surface area contributed by atoms with E-state index in [4.69, 9.17) is 0 Å². The summed E-state index contributed by atoms with van der Waals surface area (Å²) in [5, 5.41) is 12.0. The molecular formula is C14H16BrNO3. The minimum absolute atomic E-state index is 0.199. The summed E-state index contributed by atoms with van der Waals surface area (Å²) >= 11 is 3.33. The van der Waals surface area contributed by atoms with Crippen molar-refractivity contribution < 1.29 is 14.7 Å². The lowest BCUT2D eigenvalue weighted by molar-refractivity contribution is -0.145. The molecule has 0 heterocycles. The Hall–Kier alpha value is -1.36. The Morgan fingerprint density at radius 3 is 2.63 bits per heavy atom. The first kappa shape index (κ1) is 14.1. The van der Waals surface area contributed by atoms with Crippen LogP contribution in [0.1, 0.15) is 19.8 Å². The molecule has 0 aromatic heterocycles. The van der Waals surface area contributed by atoms with Crippen LogP contribution in [0.2, 0.25) is 0 Å². The van der Waals surface area contributed by atoms with Crippen molar-refractivity contribution in [2.45, 2.75) is 19.8 Å². The van der Waals surface area contributed by atoms with Gasteiger partial charge in [-0.3, -0.25) is 9.59 Å². The Kier molecular flexibility index (Phi) is 4.24. The molecular weight excluding hydrogens is 310 g/mol. The van der Waals surface area contributed by atoms with E-state index in [1.165, 1.54) is 0 Å². The van der Waals surface area contributed by atoms with Gasteiger partial charge in [-0.15, -0.1) is 0 Å². The maximum absolute atomic E-state index is 12.2. The van der Waals surface area contributed by atoms with Crippen molar-refractivity contribution in [1.29, 1.82) is 0 Å². The van der Waals surface area contributed by atoms with E-state index in [9.17, 15) is 14.7 Å². The zero-order valence-corrected chi connectivity index (χ0v) is 12.2. The van der Waals surface area contributed by atoms with Crippen LogP contribution >= 0.6 is 15.9 Å². The SMILES string of the molecule is CC1CC(C(=O)O)C(C(=O)Nc2cccc(Br)c2)C1. The molecule has 1 aliphatic rings. The Morgan fingerprint density at radius 1 is 1.32 bits per heavy atom. The van der Waals surface area contributed by atoms with Gasteiger partial charge in [0.1, 0.15) is 0 Å². The van der Waals surface area contributed by atoms with Crippen LogP contribution in [0, 0.1) is 17.8 Å². The monoisotopic (exact) mass is 325 g/mol. The van der Waals surface area contributed by atoms with E-state index in [1.807, 2.05) is 19.1 Å². The van der Waals surface area contributed by atoms with Crippen molar-refractivity contribution in [1.82, 2.24) is 0 Å². The van der Waals surface area contributed by atoms with E-state index in [0.717, 1.165) is 4.47 Å². The number of carbonyl (C=O) groups excluding carboxylic acids is 1. The van der Waals surface area contributed by atoms with Gasteiger partial charge in [0.05, 0.1) is 11.8 Å². The van der Waals surface area contributed by atoms with E-state index < -0.39 is 17.8 Å². The Labute approximate surface area is 120 Å². The number of anilines is 1. The number of carbonyl (C=O) groups is 2. The standard InChI is InChI=1S/C14H16BrNO3/c1-8-5-11(12(6-8)14(18)19)13(17)16-10-4-2-3-9(15)7-10/h2-4,7-8,11-12H,5-6H2,1H3,(H,16,17)(H,18,19). The second kappa shape index (κ2) is 5.74. The number of amides is 1. The predicted octanol–water partition coefficient (Wildman–Crippen LogP) is 3.13. The van der Waals surface area contributed by atoms with Gasteiger partial charge in [-0.2, -0.15) is 0 Å². The zero-order valence-electron chi connectivity index (χ0n) is 10.6. The van der Waals surface area contributed by atoms with E-state index in [0.29, 0.717) is 18.5 Å². The third-order valence-electron chi connectivity index (χ3n) is 3.54. The zero-order chi connectivity index (χ0) is 14.0. The number of carboxylic acid groups (broad SMARTS) is 1. The quantitative estimate of drug-likeness (QED) is 0.897. The van der Waals surface area contributed by atoms with Crippen LogP contribution in [0.3, 0.4) is 0 Å². The molecule has 0 saturated heterocycles. The first-order valence-corrected chi connectivity index (χ1v) is 7.06. The van der Waals surface area contributed by atoms with Gasteiger partial charge in [0.25, 0.3) is 0 Å². The molecule has 1 aromatic carbocycles. The number of halogens is 1. The highest BCUT2D eigenvalue weighted by molar-refractivity contribution is 9.10.